The van der Waals surface area contributed by atoms with Crippen molar-refractivity contribution in [3.05, 3.63) is 65.2 Å². The molecule has 0 unspecified atom stereocenters. The van der Waals surface area contributed by atoms with Crippen LogP contribution in [0.5, 0.6) is 5.75 Å². The number of benzene rings is 2. The molecule has 2 aromatic rings. The summed E-state index contributed by atoms with van der Waals surface area (Å²) >= 11 is 0. The molecule has 0 atom stereocenters. The van der Waals surface area contributed by atoms with Crippen molar-refractivity contribution in [2.24, 2.45) is 0 Å². The van der Waals surface area contributed by atoms with Gasteiger partial charge in [-0.3, -0.25) is 0 Å². The number of hydrogen-bond donors (Lipinski definition) is 1. The van der Waals surface area contributed by atoms with Gasteiger partial charge in [0, 0.05) is 0 Å². The highest BCUT2D eigenvalue weighted by Gasteiger charge is 2.12. The van der Waals surface area contributed by atoms with E-state index in [-0.39, 0.29) is 5.56 Å². The van der Waals surface area contributed by atoms with Crippen LogP contribution in [0.2, 0.25) is 0 Å². The van der Waals surface area contributed by atoms with Crippen LogP contribution in [0.15, 0.2) is 48.5 Å². The van der Waals surface area contributed by atoms with Gasteiger partial charge in [-0.25, -0.2) is 4.79 Å². The molecule has 1 N–H and O–H groups in total. The second kappa shape index (κ2) is 6.05. The smallest absolute Gasteiger partial charge is 0.339 e. The molecule has 0 amide bonds. The molecule has 0 saturated carbocycles. The van der Waals surface area contributed by atoms with E-state index in [2.05, 4.69) is 0 Å². The predicted molar refractivity (Wildman–Crippen MR) is 73.6 cm³/mol. The molecule has 0 radical (unpaired) electrons. The number of carboxylic acids is 1. The zero-order chi connectivity index (χ0) is 13.7. The summed E-state index contributed by atoms with van der Waals surface area (Å²) in [6.07, 6.45) is 0.805. The summed E-state index contributed by atoms with van der Waals surface area (Å²) in [7, 11) is 0. The van der Waals surface area contributed by atoms with Crippen LogP contribution in [-0.2, 0) is 13.0 Å². The third-order valence-electron chi connectivity index (χ3n) is 2.92. The molecule has 19 heavy (non-hydrogen) atoms. The maximum absolute atomic E-state index is 11.2. The van der Waals surface area contributed by atoms with Gasteiger partial charge < -0.3 is 9.84 Å². The average Bonchev–Trinajstić information content (AvgIpc) is 2.46. The standard InChI is InChI=1S/C16H16O3/c1-2-12-8-9-15(14(10-12)16(17)18)19-11-13-6-4-3-5-7-13/h3-10H,2,11H2,1H3,(H,17,18). The van der Waals surface area contributed by atoms with Gasteiger partial charge >= 0.3 is 5.97 Å². The van der Waals surface area contributed by atoms with E-state index in [0.717, 1.165) is 17.5 Å². The van der Waals surface area contributed by atoms with Crippen LogP contribution in [0.1, 0.15) is 28.4 Å². The van der Waals surface area contributed by atoms with Gasteiger partial charge in [0.05, 0.1) is 0 Å². The zero-order valence-corrected chi connectivity index (χ0v) is 10.8. The Morgan fingerprint density at radius 3 is 2.47 bits per heavy atom. The summed E-state index contributed by atoms with van der Waals surface area (Å²) in [5.41, 5.74) is 2.22. The SMILES string of the molecule is CCc1ccc(OCc2ccccc2)c(C(=O)O)c1. The molecule has 0 bridgehead atoms. The Labute approximate surface area is 112 Å². The summed E-state index contributed by atoms with van der Waals surface area (Å²) in [6.45, 7) is 2.36. The van der Waals surface area contributed by atoms with Crippen LogP contribution in [0, 0.1) is 0 Å². The lowest BCUT2D eigenvalue weighted by Gasteiger charge is -2.10. The van der Waals surface area contributed by atoms with Gasteiger partial charge in [0.25, 0.3) is 0 Å². The third kappa shape index (κ3) is 3.35. The molecule has 0 fully saturated rings. The minimum atomic E-state index is -0.960. The van der Waals surface area contributed by atoms with E-state index in [9.17, 15) is 9.90 Å². The van der Waals surface area contributed by atoms with Crippen LogP contribution in [0.3, 0.4) is 0 Å². The minimum Gasteiger partial charge on any atom is -0.488 e. The third-order valence-corrected chi connectivity index (χ3v) is 2.92. The second-order valence-electron chi connectivity index (χ2n) is 4.26. The molecule has 0 spiro atoms. The Kier molecular flexibility index (Phi) is 4.18. The average molecular weight is 256 g/mol. The number of carbonyl (C=O) groups is 1. The van der Waals surface area contributed by atoms with Crippen molar-refractivity contribution in [3.63, 3.8) is 0 Å². The lowest BCUT2D eigenvalue weighted by Crippen LogP contribution is -2.04. The fraction of sp³-hybridized carbons (Fsp3) is 0.188. The number of rotatable bonds is 5. The quantitative estimate of drug-likeness (QED) is 0.890. The van der Waals surface area contributed by atoms with Gasteiger partial charge in [0.15, 0.2) is 0 Å². The van der Waals surface area contributed by atoms with Gasteiger partial charge in [-0.05, 0) is 29.7 Å². The monoisotopic (exact) mass is 256 g/mol. The van der Waals surface area contributed by atoms with E-state index in [0.29, 0.717) is 12.4 Å². The molecule has 0 aliphatic heterocycles. The Bertz CT molecular complexity index is 561. The molecule has 2 aromatic carbocycles. The fourth-order valence-electron chi connectivity index (χ4n) is 1.83. The van der Waals surface area contributed by atoms with E-state index in [1.54, 1.807) is 12.1 Å². The highest BCUT2D eigenvalue weighted by Crippen LogP contribution is 2.21. The summed E-state index contributed by atoms with van der Waals surface area (Å²) in [5, 5.41) is 9.20. The largest absolute Gasteiger partial charge is 0.488 e. The second-order valence-corrected chi connectivity index (χ2v) is 4.26. The molecular formula is C16H16O3. The van der Waals surface area contributed by atoms with Crippen LogP contribution in [0.25, 0.3) is 0 Å². The Balaban J connectivity index is 2.18. The molecule has 0 aliphatic carbocycles. The van der Waals surface area contributed by atoms with Crippen LogP contribution < -0.4 is 4.74 Å². The zero-order valence-electron chi connectivity index (χ0n) is 10.8. The van der Waals surface area contributed by atoms with Crippen LogP contribution in [-0.4, -0.2) is 11.1 Å². The molecule has 0 aliphatic rings. The molecule has 98 valence electrons. The number of carboxylic acid groups (broad SMARTS) is 1. The molecule has 0 saturated heterocycles. The van der Waals surface area contributed by atoms with Crippen LogP contribution in [0.4, 0.5) is 0 Å². The highest BCUT2D eigenvalue weighted by molar-refractivity contribution is 5.91. The van der Waals surface area contributed by atoms with Gasteiger partial charge in [0.1, 0.15) is 17.9 Å². The first-order valence-electron chi connectivity index (χ1n) is 6.23. The van der Waals surface area contributed by atoms with E-state index < -0.39 is 5.97 Å². The normalized spacial score (nSPS) is 10.2. The van der Waals surface area contributed by atoms with Crippen molar-refractivity contribution in [1.29, 1.82) is 0 Å². The van der Waals surface area contributed by atoms with Gasteiger partial charge in [-0.2, -0.15) is 0 Å². The Hall–Kier alpha value is -2.29. The molecule has 3 nitrogen and oxygen atoms in total. The van der Waals surface area contributed by atoms with Crippen molar-refractivity contribution in [1.82, 2.24) is 0 Å². The molecular weight excluding hydrogens is 240 g/mol. The molecule has 2 rings (SSSR count). The van der Waals surface area contributed by atoms with Gasteiger partial charge in [-0.1, -0.05) is 43.3 Å². The summed E-state index contributed by atoms with van der Waals surface area (Å²) in [5.74, 6) is -0.549. The highest BCUT2D eigenvalue weighted by atomic mass is 16.5. The number of aryl methyl sites for hydroxylation is 1. The van der Waals surface area contributed by atoms with E-state index in [1.807, 2.05) is 43.3 Å². The topological polar surface area (TPSA) is 46.5 Å². The Morgan fingerprint density at radius 2 is 1.84 bits per heavy atom. The first-order valence-corrected chi connectivity index (χ1v) is 6.23. The number of ether oxygens (including phenoxy) is 1. The van der Waals surface area contributed by atoms with Crippen molar-refractivity contribution < 1.29 is 14.6 Å². The molecule has 0 heterocycles. The van der Waals surface area contributed by atoms with Gasteiger partial charge in [-0.15, -0.1) is 0 Å². The first-order chi connectivity index (χ1) is 9.20. The van der Waals surface area contributed by atoms with Crippen LogP contribution >= 0.6 is 0 Å². The van der Waals surface area contributed by atoms with Crippen molar-refractivity contribution in [2.75, 3.05) is 0 Å². The van der Waals surface area contributed by atoms with E-state index >= 15 is 0 Å². The van der Waals surface area contributed by atoms with Gasteiger partial charge in [0.2, 0.25) is 0 Å². The van der Waals surface area contributed by atoms with E-state index in [1.165, 1.54) is 0 Å². The summed E-state index contributed by atoms with van der Waals surface area (Å²) in [6, 6.07) is 15.0. The first kappa shape index (κ1) is 13.1. The van der Waals surface area contributed by atoms with E-state index in [4.69, 9.17) is 4.74 Å². The summed E-state index contributed by atoms with van der Waals surface area (Å²) < 4.78 is 5.60. The maximum atomic E-state index is 11.2. The lowest BCUT2D eigenvalue weighted by molar-refractivity contribution is 0.0691. The van der Waals surface area contributed by atoms with Crippen molar-refractivity contribution in [3.8, 4) is 5.75 Å². The molecule has 0 aromatic heterocycles. The Morgan fingerprint density at radius 1 is 1.11 bits per heavy atom. The number of hydrogen-bond acceptors (Lipinski definition) is 2. The maximum Gasteiger partial charge on any atom is 0.339 e. The minimum absolute atomic E-state index is 0.218. The lowest BCUT2D eigenvalue weighted by atomic mass is 10.1. The molecule has 3 heteroatoms. The number of aromatic carboxylic acids is 1. The van der Waals surface area contributed by atoms with Crippen molar-refractivity contribution in [2.45, 2.75) is 20.0 Å². The predicted octanol–water partition coefficient (Wildman–Crippen LogP) is 3.53. The summed E-state index contributed by atoms with van der Waals surface area (Å²) in [4.78, 5) is 11.2. The fourth-order valence-corrected chi connectivity index (χ4v) is 1.83. The van der Waals surface area contributed by atoms with Crippen molar-refractivity contribution >= 4 is 5.97 Å².